The van der Waals surface area contributed by atoms with Crippen LogP contribution >= 0.6 is 0 Å². The summed E-state index contributed by atoms with van der Waals surface area (Å²) in [5, 5.41) is 6.89. The molecule has 3 aromatic heterocycles. The highest BCUT2D eigenvalue weighted by Crippen LogP contribution is 2.30. The molecule has 1 saturated heterocycles. The van der Waals surface area contributed by atoms with Gasteiger partial charge in [0.1, 0.15) is 5.69 Å². The molecule has 0 radical (unpaired) electrons. The number of hydrogen-bond donors (Lipinski definition) is 1. The number of piperidine rings is 1. The summed E-state index contributed by atoms with van der Waals surface area (Å²) in [6.07, 6.45) is 5.93. The van der Waals surface area contributed by atoms with Gasteiger partial charge in [-0.1, -0.05) is 6.07 Å². The minimum Gasteiger partial charge on any atom is -0.354 e. The van der Waals surface area contributed by atoms with Crippen molar-refractivity contribution in [3.8, 4) is 11.1 Å². The summed E-state index contributed by atoms with van der Waals surface area (Å²) in [5.41, 5.74) is 5.88. The molecular formula is C23H28N6O. The summed E-state index contributed by atoms with van der Waals surface area (Å²) in [5.74, 6) is 0.229. The van der Waals surface area contributed by atoms with Crippen LogP contribution in [-0.4, -0.2) is 50.7 Å². The molecule has 1 aliphatic heterocycles. The average Bonchev–Trinajstić information content (AvgIpc) is 3.17. The summed E-state index contributed by atoms with van der Waals surface area (Å²) in [4.78, 5) is 23.4. The van der Waals surface area contributed by atoms with Gasteiger partial charge in [0.2, 0.25) is 0 Å². The number of carbonyl (C=O) groups excluding carboxylic acids is 1. The lowest BCUT2D eigenvalue weighted by molar-refractivity contribution is 0.0958. The number of nitrogens with one attached hydrogen (secondary N) is 1. The molecule has 30 heavy (non-hydrogen) atoms. The average molecular weight is 405 g/mol. The Morgan fingerprint density at radius 2 is 2.10 bits per heavy atom. The molecule has 1 fully saturated rings. The number of nitrogens with zero attached hydrogens (tertiary/aromatic N) is 5. The fourth-order valence-electron chi connectivity index (χ4n) is 4.12. The van der Waals surface area contributed by atoms with E-state index in [1.807, 2.05) is 30.9 Å². The van der Waals surface area contributed by atoms with E-state index < -0.39 is 0 Å². The third kappa shape index (κ3) is 4.41. The quantitative estimate of drug-likeness (QED) is 0.708. The predicted octanol–water partition coefficient (Wildman–Crippen LogP) is 2.92. The maximum Gasteiger partial charge on any atom is 0.269 e. The molecule has 7 heteroatoms. The molecule has 1 N–H and O–H groups in total. The Kier molecular flexibility index (Phi) is 5.90. The Balaban J connectivity index is 1.54. The first-order valence-electron chi connectivity index (χ1n) is 10.4. The first-order chi connectivity index (χ1) is 14.5. The maximum absolute atomic E-state index is 11.7. The SMILES string of the molecule is CNC(=O)c1ccc(-c2cc(C)nc([C@@H]3CCCN(Cc4ccnn4C)C3)c2)cn1. The number of aromatic nitrogens is 4. The molecule has 0 saturated carbocycles. The lowest BCUT2D eigenvalue weighted by Gasteiger charge is -2.32. The second kappa shape index (κ2) is 8.75. The minimum absolute atomic E-state index is 0.177. The van der Waals surface area contributed by atoms with E-state index in [9.17, 15) is 4.79 Å². The van der Waals surface area contributed by atoms with E-state index in [0.717, 1.165) is 55.0 Å². The van der Waals surface area contributed by atoms with Crippen LogP contribution in [0.15, 0.2) is 42.7 Å². The lowest BCUT2D eigenvalue weighted by Crippen LogP contribution is -2.34. The monoisotopic (exact) mass is 404 g/mol. The van der Waals surface area contributed by atoms with Crippen molar-refractivity contribution in [1.82, 2.24) is 30.0 Å². The van der Waals surface area contributed by atoms with Gasteiger partial charge in [-0.2, -0.15) is 5.10 Å². The fourth-order valence-corrected chi connectivity index (χ4v) is 4.12. The van der Waals surface area contributed by atoms with Crippen LogP contribution in [0.1, 0.15) is 46.3 Å². The third-order valence-corrected chi connectivity index (χ3v) is 5.76. The van der Waals surface area contributed by atoms with Gasteiger partial charge in [0.05, 0.1) is 5.69 Å². The zero-order valence-corrected chi connectivity index (χ0v) is 17.8. The summed E-state index contributed by atoms with van der Waals surface area (Å²) in [6, 6.07) is 10.1. The van der Waals surface area contributed by atoms with Crippen molar-refractivity contribution in [2.75, 3.05) is 20.1 Å². The molecule has 7 nitrogen and oxygen atoms in total. The van der Waals surface area contributed by atoms with Crippen molar-refractivity contribution >= 4 is 5.91 Å². The van der Waals surface area contributed by atoms with E-state index in [-0.39, 0.29) is 5.91 Å². The molecule has 3 aromatic rings. The van der Waals surface area contributed by atoms with E-state index >= 15 is 0 Å². The Hall–Kier alpha value is -3.06. The van der Waals surface area contributed by atoms with Gasteiger partial charge in [-0.15, -0.1) is 0 Å². The van der Waals surface area contributed by atoms with E-state index in [4.69, 9.17) is 4.98 Å². The number of amides is 1. The van der Waals surface area contributed by atoms with E-state index in [2.05, 4.69) is 38.5 Å². The van der Waals surface area contributed by atoms with Crippen molar-refractivity contribution in [1.29, 1.82) is 0 Å². The van der Waals surface area contributed by atoms with Crippen LogP contribution in [0.2, 0.25) is 0 Å². The fraction of sp³-hybridized carbons (Fsp3) is 0.391. The second-order valence-corrected chi connectivity index (χ2v) is 7.95. The highest BCUT2D eigenvalue weighted by Gasteiger charge is 2.23. The predicted molar refractivity (Wildman–Crippen MR) is 116 cm³/mol. The molecule has 1 amide bonds. The molecule has 156 valence electrons. The van der Waals surface area contributed by atoms with Crippen molar-refractivity contribution in [3.63, 3.8) is 0 Å². The van der Waals surface area contributed by atoms with Crippen LogP contribution in [0.25, 0.3) is 11.1 Å². The number of likely N-dealkylation sites (tertiary alicyclic amines) is 1. The molecule has 0 bridgehead atoms. The van der Waals surface area contributed by atoms with Crippen molar-refractivity contribution < 1.29 is 4.79 Å². The van der Waals surface area contributed by atoms with E-state index in [1.165, 1.54) is 5.69 Å². The summed E-state index contributed by atoms with van der Waals surface area (Å²) >= 11 is 0. The smallest absolute Gasteiger partial charge is 0.269 e. The summed E-state index contributed by atoms with van der Waals surface area (Å²) < 4.78 is 1.95. The molecule has 4 rings (SSSR count). The zero-order valence-electron chi connectivity index (χ0n) is 17.8. The lowest BCUT2D eigenvalue weighted by atomic mass is 9.92. The molecule has 0 unspecified atom stereocenters. The van der Waals surface area contributed by atoms with Crippen LogP contribution in [-0.2, 0) is 13.6 Å². The van der Waals surface area contributed by atoms with E-state index in [0.29, 0.717) is 11.6 Å². The van der Waals surface area contributed by atoms with Crippen molar-refractivity contribution in [2.45, 2.75) is 32.2 Å². The van der Waals surface area contributed by atoms with Gasteiger partial charge in [-0.05, 0) is 56.1 Å². The topological polar surface area (TPSA) is 75.9 Å². The molecule has 0 aromatic carbocycles. The van der Waals surface area contributed by atoms with Crippen LogP contribution in [0, 0.1) is 6.92 Å². The highest BCUT2D eigenvalue weighted by molar-refractivity contribution is 5.92. The Morgan fingerprint density at radius 3 is 2.80 bits per heavy atom. The van der Waals surface area contributed by atoms with Gasteiger partial charge < -0.3 is 5.32 Å². The molecular weight excluding hydrogens is 376 g/mol. The number of aryl methyl sites for hydroxylation is 2. The Morgan fingerprint density at radius 1 is 1.23 bits per heavy atom. The molecule has 4 heterocycles. The number of rotatable bonds is 5. The first kappa shape index (κ1) is 20.2. The summed E-state index contributed by atoms with van der Waals surface area (Å²) in [7, 11) is 3.60. The third-order valence-electron chi connectivity index (χ3n) is 5.76. The van der Waals surface area contributed by atoms with Crippen molar-refractivity contribution in [3.05, 3.63) is 65.5 Å². The minimum atomic E-state index is -0.177. The van der Waals surface area contributed by atoms with Crippen LogP contribution < -0.4 is 5.32 Å². The zero-order chi connectivity index (χ0) is 21.1. The van der Waals surface area contributed by atoms with Gasteiger partial charge in [0.25, 0.3) is 5.91 Å². The molecule has 1 aliphatic rings. The largest absolute Gasteiger partial charge is 0.354 e. The van der Waals surface area contributed by atoms with Gasteiger partial charge in [0.15, 0.2) is 0 Å². The number of hydrogen-bond acceptors (Lipinski definition) is 5. The van der Waals surface area contributed by atoms with E-state index in [1.54, 1.807) is 19.3 Å². The molecule has 0 spiro atoms. The Labute approximate surface area is 177 Å². The highest BCUT2D eigenvalue weighted by atomic mass is 16.1. The Bertz CT molecular complexity index is 1030. The maximum atomic E-state index is 11.7. The van der Waals surface area contributed by atoms with Gasteiger partial charge in [-0.25, -0.2) is 0 Å². The molecule has 1 atom stereocenters. The second-order valence-electron chi connectivity index (χ2n) is 7.95. The van der Waals surface area contributed by atoms with Crippen LogP contribution in [0.3, 0.4) is 0 Å². The number of carbonyl (C=O) groups is 1. The van der Waals surface area contributed by atoms with Crippen molar-refractivity contribution in [2.24, 2.45) is 7.05 Å². The molecule has 0 aliphatic carbocycles. The number of pyridine rings is 2. The normalized spacial score (nSPS) is 17.1. The van der Waals surface area contributed by atoms with Crippen LogP contribution in [0.5, 0.6) is 0 Å². The standard InChI is InChI=1S/C23H28N6O/c1-16-11-19(17-6-7-21(25-13-17)23(30)24-2)12-22(27-16)18-5-4-10-29(14-18)15-20-8-9-26-28(20)3/h6-9,11-13,18H,4-5,10,14-15H2,1-3H3,(H,24,30)/t18-/m1/s1. The van der Waals surface area contributed by atoms with Gasteiger partial charge in [-0.3, -0.25) is 24.3 Å². The van der Waals surface area contributed by atoms with Gasteiger partial charge >= 0.3 is 0 Å². The van der Waals surface area contributed by atoms with Crippen LogP contribution in [0.4, 0.5) is 0 Å². The summed E-state index contributed by atoms with van der Waals surface area (Å²) in [6.45, 7) is 5.05. The van der Waals surface area contributed by atoms with Gasteiger partial charge in [0, 0.05) is 62.4 Å². The first-order valence-corrected chi connectivity index (χ1v) is 10.4.